The zero-order valence-corrected chi connectivity index (χ0v) is 12.5. The Bertz CT molecular complexity index is 272. The molecular weight excluding hydrogens is 204 g/mol. The normalized spacial score (nSPS) is 12.8. The van der Waals surface area contributed by atoms with Crippen LogP contribution in [0.25, 0.3) is 0 Å². The van der Waals surface area contributed by atoms with Gasteiger partial charge in [0.05, 0.1) is 0 Å². The lowest BCUT2D eigenvalue weighted by atomic mass is 10.1. The van der Waals surface area contributed by atoms with Crippen LogP contribution in [0.15, 0.2) is 34.9 Å². The summed E-state index contributed by atoms with van der Waals surface area (Å²) in [6, 6.07) is 0. The molecule has 0 N–H and O–H groups in total. The maximum absolute atomic E-state index is 2.38. The van der Waals surface area contributed by atoms with Crippen LogP contribution in [0.4, 0.5) is 0 Å². The van der Waals surface area contributed by atoms with Crippen molar-refractivity contribution in [1.29, 1.82) is 0 Å². The topological polar surface area (TPSA) is 0 Å². The molecule has 0 fully saturated rings. The molecular formula is C17H30. The Labute approximate surface area is 109 Å². The van der Waals surface area contributed by atoms with Crippen molar-refractivity contribution in [3.8, 4) is 0 Å². The smallest absolute Gasteiger partial charge is 0.0164 e. The van der Waals surface area contributed by atoms with E-state index >= 15 is 0 Å². The van der Waals surface area contributed by atoms with Crippen LogP contribution >= 0.6 is 0 Å². The van der Waals surface area contributed by atoms with Crippen molar-refractivity contribution in [2.45, 2.75) is 73.1 Å². The van der Waals surface area contributed by atoms with E-state index in [1.165, 1.54) is 43.3 Å². The standard InChI is InChI=1S/C17H30/c1-6-7-11-16(4)13-9-14-17(5)12-8-10-15(2)3/h10,13-14H,6-9,11-12H2,1-5H3. The second-order valence-electron chi connectivity index (χ2n) is 5.26. The van der Waals surface area contributed by atoms with Crippen LogP contribution in [-0.2, 0) is 0 Å². The molecule has 0 heterocycles. The minimum Gasteiger partial charge on any atom is -0.0856 e. The molecule has 0 amide bonds. The molecule has 0 nitrogen and oxygen atoms in total. The molecule has 0 heteroatoms. The summed E-state index contributed by atoms with van der Waals surface area (Å²) in [7, 11) is 0. The average Bonchev–Trinajstić information content (AvgIpc) is 2.25. The van der Waals surface area contributed by atoms with Gasteiger partial charge in [0.2, 0.25) is 0 Å². The van der Waals surface area contributed by atoms with Crippen LogP contribution in [0.1, 0.15) is 73.1 Å². The highest BCUT2D eigenvalue weighted by Crippen LogP contribution is 2.10. The first kappa shape index (κ1) is 16.2. The molecule has 98 valence electrons. The highest BCUT2D eigenvalue weighted by Gasteiger charge is 1.90. The van der Waals surface area contributed by atoms with Gasteiger partial charge >= 0.3 is 0 Å². The van der Waals surface area contributed by atoms with Gasteiger partial charge < -0.3 is 0 Å². The summed E-state index contributed by atoms with van der Waals surface area (Å²) < 4.78 is 0. The Morgan fingerprint density at radius 3 is 1.94 bits per heavy atom. The van der Waals surface area contributed by atoms with Crippen molar-refractivity contribution in [3.63, 3.8) is 0 Å². The molecule has 0 aliphatic heterocycles. The maximum Gasteiger partial charge on any atom is -0.0164 e. The third kappa shape index (κ3) is 11.5. The lowest BCUT2D eigenvalue weighted by Gasteiger charge is -2.00. The van der Waals surface area contributed by atoms with Crippen LogP contribution in [0.5, 0.6) is 0 Å². The maximum atomic E-state index is 2.38. The van der Waals surface area contributed by atoms with Gasteiger partial charge in [0.1, 0.15) is 0 Å². The van der Waals surface area contributed by atoms with E-state index < -0.39 is 0 Å². The Morgan fingerprint density at radius 1 is 0.824 bits per heavy atom. The van der Waals surface area contributed by atoms with E-state index in [0.717, 1.165) is 6.42 Å². The van der Waals surface area contributed by atoms with Gasteiger partial charge in [-0.2, -0.15) is 0 Å². The fourth-order valence-electron chi connectivity index (χ4n) is 1.71. The van der Waals surface area contributed by atoms with Gasteiger partial charge in [-0.1, -0.05) is 48.3 Å². The fourth-order valence-corrected chi connectivity index (χ4v) is 1.71. The van der Waals surface area contributed by atoms with Gasteiger partial charge in [-0.3, -0.25) is 0 Å². The Balaban J connectivity index is 3.86. The molecule has 0 saturated carbocycles. The van der Waals surface area contributed by atoms with Crippen molar-refractivity contribution in [2.24, 2.45) is 0 Å². The summed E-state index contributed by atoms with van der Waals surface area (Å²) in [6.45, 7) is 11.1. The average molecular weight is 234 g/mol. The van der Waals surface area contributed by atoms with Gasteiger partial charge in [0.25, 0.3) is 0 Å². The Hall–Kier alpha value is -0.780. The van der Waals surface area contributed by atoms with E-state index in [0.29, 0.717) is 0 Å². The Kier molecular flexibility index (Phi) is 9.90. The highest BCUT2D eigenvalue weighted by molar-refractivity contribution is 5.07. The number of hydrogen-bond acceptors (Lipinski definition) is 0. The monoisotopic (exact) mass is 234 g/mol. The van der Waals surface area contributed by atoms with E-state index in [4.69, 9.17) is 0 Å². The van der Waals surface area contributed by atoms with Gasteiger partial charge in [0, 0.05) is 0 Å². The highest BCUT2D eigenvalue weighted by atomic mass is 14.0. The lowest BCUT2D eigenvalue weighted by Crippen LogP contribution is -1.79. The molecule has 0 atom stereocenters. The molecule has 0 aliphatic carbocycles. The predicted octanol–water partition coefficient (Wildman–Crippen LogP) is 6.21. The minimum absolute atomic E-state index is 1.11. The van der Waals surface area contributed by atoms with Gasteiger partial charge in [-0.15, -0.1) is 0 Å². The molecule has 0 aromatic rings. The molecule has 0 rings (SSSR count). The third-order valence-corrected chi connectivity index (χ3v) is 2.95. The van der Waals surface area contributed by atoms with E-state index in [1.807, 2.05) is 0 Å². The molecule has 0 aromatic carbocycles. The minimum atomic E-state index is 1.11. The molecule has 0 saturated heterocycles. The summed E-state index contributed by atoms with van der Waals surface area (Å²) in [5.74, 6) is 0. The SMILES string of the molecule is CCCCC(C)=CCC=C(C)CCC=C(C)C. The number of unbranched alkanes of at least 4 members (excludes halogenated alkanes) is 1. The molecule has 0 aromatic heterocycles. The molecule has 0 spiro atoms. The van der Waals surface area contributed by atoms with Gasteiger partial charge in [-0.05, 0) is 59.8 Å². The van der Waals surface area contributed by atoms with Crippen molar-refractivity contribution in [1.82, 2.24) is 0 Å². The van der Waals surface area contributed by atoms with E-state index in [1.54, 1.807) is 5.57 Å². The lowest BCUT2D eigenvalue weighted by molar-refractivity contribution is 0.785. The zero-order valence-electron chi connectivity index (χ0n) is 12.5. The van der Waals surface area contributed by atoms with Crippen LogP contribution in [0.3, 0.4) is 0 Å². The second-order valence-corrected chi connectivity index (χ2v) is 5.26. The van der Waals surface area contributed by atoms with E-state index in [9.17, 15) is 0 Å². The quantitative estimate of drug-likeness (QED) is 0.438. The summed E-state index contributed by atoms with van der Waals surface area (Å²) in [5.41, 5.74) is 4.48. The largest absolute Gasteiger partial charge is 0.0856 e. The zero-order chi connectivity index (χ0) is 13.1. The van der Waals surface area contributed by atoms with Crippen LogP contribution < -0.4 is 0 Å². The summed E-state index contributed by atoms with van der Waals surface area (Å²) in [6.07, 6.45) is 14.4. The van der Waals surface area contributed by atoms with Crippen LogP contribution in [0.2, 0.25) is 0 Å². The van der Waals surface area contributed by atoms with Crippen molar-refractivity contribution < 1.29 is 0 Å². The summed E-state index contributed by atoms with van der Waals surface area (Å²) >= 11 is 0. The first-order chi connectivity index (χ1) is 8.06. The molecule has 0 aliphatic rings. The first-order valence-electron chi connectivity index (χ1n) is 7.00. The van der Waals surface area contributed by atoms with Crippen molar-refractivity contribution in [2.75, 3.05) is 0 Å². The second kappa shape index (κ2) is 10.4. The van der Waals surface area contributed by atoms with Crippen LogP contribution in [-0.4, -0.2) is 0 Å². The molecule has 0 bridgehead atoms. The fraction of sp³-hybridized carbons (Fsp3) is 0.647. The molecule has 0 radical (unpaired) electrons. The van der Waals surface area contributed by atoms with Gasteiger partial charge in [0.15, 0.2) is 0 Å². The van der Waals surface area contributed by atoms with Crippen molar-refractivity contribution >= 4 is 0 Å². The van der Waals surface area contributed by atoms with E-state index in [2.05, 4.69) is 52.8 Å². The molecule has 17 heavy (non-hydrogen) atoms. The molecule has 0 unspecified atom stereocenters. The number of hydrogen-bond donors (Lipinski definition) is 0. The van der Waals surface area contributed by atoms with Crippen molar-refractivity contribution in [3.05, 3.63) is 34.9 Å². The van der Waals surface area contributed by atoms with Crippen LogP contribution in [0, 0.1) is 0 Å². The summed E-state index contributed by atoms with van der Waals surface area (Å²) in [4.78, 5) is 0. The summed E-state index contributed by atoms with van der Waals surface area (Å²) in [5, 5.41) is 0. The third-order valence-electron chi connectivity index (χ3n) is 2.95. The number of rotatable bonds is 8. The predicted molar refractivity (Wildman–Crippen MR) is 80.3 cm³/mol. The number of allylic oxidation sites excluding steroid dienone is 6. The van der Waals surface area contributed by atoms with E-state index in [-0.39, 0.29) is 0 Å². The Morgan fingerprint density at radius 2 is 1.41 bits per heavy atom. The first-order valence-corrected chi connectivity index (χ1v) is 7.00. The van der Waals surface area contributed by atoms with Gasteiger partial charge in [-0.25, -0.2) is 0 Å².